The lowest BCUT2D eigenvalue weighted by Gasteiger charge is -2.35. The van der Waals surface area contributed by atoms with Gasteiger partial charge in [0, 0.05) is 51.9 Å². The number of nitrogens with one attached hydrogen (secondary N) is 1. The van der Waals surface area contributed by atoms with E-state index < -0.39 is 0 Å². The third-order valence-corrected chi connectivity index (χ3v) is 7.50. The maximum absolute atomic E-state index is 11.5. The monoisotopic (exact) mass is 577 g/mol. The topological polar surface area (TPSA) is 99.0 Å². The Kier molecular flexibility index (Phi) is 16.5. The Morgan fingerprint density at radius 2 is 1.48 bits per heavy atom. The SMILES string of the molecule is CC.CN(/C=C(\NC=O)c1ccccc1)C1CCN(C(N)=O)CC1.O=C1CCCCCN1CC1CC1.c1ccccc1. The molecule has 3 N–H and O–H groups in total. The number of hydrogen-bond acceptors (Lipinski definition) is 4. The number of nitrogens with two attached hydrogens (primary N) is 1. The van der Waals surface area contributed by atoms with Gasteiger partial charge < -0.3 is 25.8 Å². The highest BCUT2D eigenvalue weighted by molar-refractivity contribution is 5.76. The number of amides is 4. The lowest BCUT2D eigenvalue weighted by atomic mass is 10.0. The van der Waals surface area contributed by atoms with Gasteiger partial charge in [-0.05, 0) is 50.0 Å². The Hall–Kier alpha value is -3.81. The summed E-state index contributed by atoms with van der Waals surface area (Å²) >= 11 is 0. The Bertz CT molecular complexity index is 1020. The second-order valence-electron chi connectivity index (χ2n) is 10.6. The first kappa shape index (κ1) is 34.4. The molecule has 2 aromatic carbocycles. The molecule has 0 atom stereocenters. The molecule has 0 bridgehead atoms. The summed E-state index contributed by atoms with van der Waals surface area (Å²) in [4.78, 5) is 39.3. The highest BCUT2D eigenvalue weighted by atomic mass is 16.2. The van der Waals surface area contributed by atoms with Crippen LogP contribution in [0.3, 0.4) is 0 Å². The van der Waals surface area contributed by atoms with E-state index in [2.05, 4.69) is 15.1 Å². The molecule has 1 saturated carbocycles. The molecule has 1 aliphatic carbocycles. The molecule has 2 aliphatic heterocycles. The van der Waals surface area contributed by atoms with Crippen LogP contribution in [0.4, 0.5) is 4.79 Å². The average molecular weight is 578 g/mol. The number of nitrogens with zero attached hydrogens (tertiary/aromatic N) is 3. The standard InChI is InChI=1S/C16H22N4O2.C10H17NO.C6H6.C2H6/c1-19(14-7-9-20(10-8-14)16(17)22)11-15(18-12-21)13-5-3-2-4-6-13;12-10-4-2-1-3-7-11(10)8-9-5-6-9;1-2-4-6-5-3-1;1-2/h2-6,11-12,14H,7-10H2,1H3,(H2,17,22)(H,18,21);9H,1-8H2;1-6H;1-2H3/b15-11-;;;. The van der Waals surface area contributed by atoms with Crippen LogP contribution in [0.1, 0.15) is 70.8 Å². The molecule has 3 aliphatic rings. The number of rotatable bonds is 7. The zero-order chi connectivity index (χ0) is 30.6. The van der Waals surface area contributed by atoms with Crippen molar-refractivity contribution in [3.63, 3.8) is 0 Å². The second kappa shape index (κ2) is 20.1. The number of benzene rings is 2. The van der Waals surface area contributed by atoms with Gasteiger partial charge >= 0.3 is 6.03 Å². The van der Waals surface area contributed by atoms with Crippen molar-refractivity contribution in [2.24, 2.45) is 11.7 Å². The summed E-state index contributed by atoms with van der Waals surface area (Å²) in [5.41, 5.74) is 7.01. The lowest BCUT2D eigenvalue weighted by molar-refractivity contribution is -0.130. The second-order valence-corrected chi connectivity index (χ2v) is 10.6. The minimum absolute atomic E-state index is 0.322. The smallest absolute Gasteiger partial charge is 0.314 e. The van der Waals surface area contributed by atoms with Gasteiger partial charge in [0.2, 0.25) is 12.3 Å². The molecule has 42 heavy (non-hydrogen) atoms. The number of urea groups is 1. The largest absolute Gasteiger partial charge is 0.376 e. The van der Waals surface area contributed by atoms with Gasteiger partial charge in [-0.25, -0.2) is 4.79 Å². The fourth-order valence-corrected chi connectivity index (χ4v) is 4.91. The maximum atomic E-state index is 11.5. The van der Waals surface area contributed by atoms with Crippen LogP contribution >= 0.6 is 0 Å². The molecule has 2 heterocycles. The van der Waals surface area contributed by atoms with Crippen molar-refractivity contribution < 1.29 is 14.4 Å². The molecule has 5 rings (SSSR count). The van der Waals surface area contributed by atoms with Crippen molar-refractivity contribution in [1.82, 2.24) is 20.0 Å². The van der Waals surface area contributed by atoms with E-state index in [0.717, 1.165) is 56.0 Å². The predicted octanol–water partition coefficient (Wildman–Crippen LogP) is 5.72. The molecule has 3 fully saturated rings. The van der Waals surface area contributed by atoms with Crippen molar-refractivity contribution in [2.45, 2.75) is 71.3 Å². The molecule has 0 spiro atoms. The first-order valence-corrected chi connectivity index (χ1v) is 15.5. The van der Waals surface area contributed by atoms with E-state index >= 15 is 0 Å². The van der Waals surface area contributed by atoms with E-state index in [1.807, 2.05) is 93.8 Å². The molecule has 0 aromatic heterocycles. The van der Waals surface area contributed by atoms with Crippen molar-refractivity contribution in [2.75, 3.05) is 33.2 Å². The van der Waals surface area contributed by atoms with Crippen LogP contribution in [0, 0.1) is 5.92 Å². The highest BCUT2D eigenvalue weighted by Crippen LogP contribution is 2.30. The van der Waals surface area contributed by atoms with Gasteiger partial charge in [0.1, 0.15) is 0 Å². The van der Waals surface area contributed by atoms with Crippen LogP contribution in [0.25, 0.3) is 5.70 Å². The average Bonchev–Trinajstić information content (AvgIpc) is 3.89. The molecule has 0 unspecified atom stereocenters. The zero-order valence-electron chi connectivity index (χ0n) is 25.8. The molecule has 8 heteroatoms. The van der Waals surface area contributed by atoms with Crippen molar-refractivity contribution >= 4 is 24.0 Å². The van der Waals surface area contributed by atoms with E-state index in [-0.39, 0.29) is 6.03 Å². The summed E-state index contributed by atoms with van der Waals surface area (Å²) in [5, 5.41) is 2.75. The Labute approximate surface area is 252 Å². The maximum Gasteiger partial charge on any atom is 0.314 e. The zero-order valence-corrected chi connectivity index (χ0v) is 25.8. The summed E-state index contributed by atoms with van der Waals surface area (Å²) in [7, 11) is 1.99. The van der Waals surface area contributed by atoms with E-state index in [1.165, 1.54) is 25.7 Å². The normalized spacial score (nSPS) is 17.1. The van der Waals surface area contributed by atoms with E-state index in [4.69, 9.17) is 5.73 Å². The van der Waals surface area contributed by atoms with Gasteiger partial charge in [0.15, 0.2) is 0 Å². The van der Waals surface area contributed by atoms with Gasteiger partial charge in [0.25, 0.3) is 0 Å². The van der Waals surface area contributed by atoms with Crippen LogP contribution in [0.15, 0.2) is 72.9 Å². The summed E-state index contributed by atoms with van der Waals surface area (Å²) in [6.07, 6.45) is 11.4. The van der Waals surface area contributed by atoms with Crippen LogP contribution in [0.5, 0.6) is 0 Å². The van der Waals surface area contributed by atoms with Gasteiger partial charge in [-0.3, -0.25) is 9.59 Å². The molecule has 230 valence electrons. The number of carbonyl (C=O) groups is 3. The minimum Gasteiger partial charge on any atom is -0.376 e. The summed E-state index contributed by atoms with van der Waals surface area (Å²) < 4.78 is 0. The molecule has 0 radical (unpaired) electrons. The number of hydrogen-bond donors (Lipinski definition) is 2. The molecule has 2 aromatic rings. The first-order chi connectivity index (χ1) is 20.5. The van der Waals surface area contributed by atoms with E-state index in [1.54, 1.807) is 4.90 Å². The van der Waals surface area contributed by atoms with Gasteiger partial charge in [-0.2, -0.15) is 0 Å². The number of piperidine rings is 1. The molecule has 8 nitrogen and oxygen atoms in total. The molecule has 2 saturated heterocycles. The third-order valence-electron chi connectivity index (χ3n) is 7.50. The number of likely N-dealkylation sites (tertiary alicyclic amines) is 2. The third kappa shape index (κ3) is 13.2. The number of carbonyl (C=O) groups excluding carboxylic acids is 3. The van der Waals surface area contributed by atoms with Crippen LogP contribution in [0.2, 0.25) is 0 Å². The minimum atomic E-state index is -0.357. The van der Waals surface area contributed by atoms with Crippen molar-refractivity contribution in [1.29, 1.82) is 0 Å². The Morgan fingerprint density at radius 1 is 0.905 bits per heavy atom. The fraction of sp³-hybridized carbons (Fsp3) is 0.500. The number of primary amides is 1. The lowest BCUT2D eigenvalue weighted by Crippen LogP contribution is -2.46. The Morgan fingerprint density at radius 3 is 2.00 bits per heavy atom. The molecular weight excluding hydrogens is 526 g/mol. The van der Waals surface area contributed by atoms with Crippen LogP contribution in [-0.4, -0.2) is 72.3 Å². The van der Waals surface area contributed by atoms with Crippen LogP contribution < -0.4 is 11.1 Å². The van der Waals surface area contributed by atoms with Crippen molar-refractivity contribution in [3.05, 3.63) is 78.5 Å². The molecule has 4 amide bonds. The Balaban J connectivity index is 0.000000254. The summed E-state index contributed by atoms with van der Waals surface area (Å²) in [6, 6.07) is 21.7. The van der Waals surface area contributed by atoms with E-state index in [0.29, 0.717) is 31.4 Å². The highest BCUT2D eigenvalue weighted by Gasteiger charge is 2.27. The quantitative estimate of drug-likeness (QED) is 0.412. The van der Waals surface area contributed by atoms with Crippen molar-refractivity contribution in [3.8, 4) is 0 Å². The van der Waals surface area contributed by atoms with Gasteiger partial charge in [-0.1, -0.05) is 87.0 Å². The molecular formula is C34H51N5O3. The first-order valence-electron chi connectivity index (χ1n) is 15.5. The van der Waals surface area contributed by atoms with Crippen LogP contribution in [-0.2, 0) is 9.59 Å². The summed E-state index contributed by atoms with van der Waals surface area (Å²) in [6.45, 7) is 7.41. The summed E-state index contributed by atoms with van der Waals surface area (Å²) in [5.74, 6) is 1.26. The fourth-order valence-electron chi connectivity index (χ4n) is 4.91. The van der Waals surface area contributed by atoms with Gasteiger partial charge in [0.05, 0.1) is 5.70 Å². The van der Waals surface area contributed by atoms with E-state index in [9.17, 15) is 14.4 Å². The van der Waals surface area contributed by atoms with Gasteiger partial charge in [-0.15, -0.1) is 0 Å². The predicted molar refractivity (Wildman–Crippen MR) is 171 cm³/mol.